The van der Waals surface area contributed by atoms with Crippen LogP contribution in [0.3, 0.4) is 0 Å². The van der Waals surface area contributed by atoms with Gasteiger partial charge in [-0.1, -0.05) is 31.0 Å². The van der Waals surface area contributed by atoms with E-state index in [2.05, 4.69) is 9.97 Å². The van der Waals surface area contributed by atoms with Crippen molar-refractivity contribution in [2.75, 3.05) is 11.5 Å². The molecule has 0 bridgehead atoms. The minimum absolute atomic E-state index is 0.0863. The van der Waals surface area contributed by atoms with Gasteiger partial charge in [-0.3, -0.25) is 9.36 Å². The number of nitrogen functional groups attached to an aromatic ring is 2. The molecular formula is C22H25N5O2. The fourth-order valence-corrected chi connectivity index (χ4v) is 3.56. The van der Waals surface area contributed by atoms with Gasteiger partial charge in [-0.25, -0.2) is 9.78 Å². The molecule has 0 unspecified atom stereocenters. The zero-order chi connectivity index (χ0) is 21.3. The number of rotatable bonds is 5. The fourth-order valence-electron chi connectivity index (χ4n) is 3.56. The van der Waals surface area contributed by atoms with E-state index in [0.29, 0.717) is 16.9 Å². The molecule has 1 aromatic carbocycles. The number of hydrogen-bond donors (Lipinski definition) is 2. The lowest BCUT2D eigenvalue weighted by Crippen LogP contribution is -2.32. The van der Waals surface area contributed by atoms with Gasteiger partial charge in [-0.2, -0.15) is 4.98 Å². The molecule has 29 heavy (non-hydrogen) atoms. The smallest absolute Gasteiger partial charge is 0.350 e. The molecule has 0 saturated heterocycles. The second-order valence-corrected chi connectivity index (χ2v) is 7.58. The number of aromatic nitrogens is 3. The third-order valence-corrected chi connectivity index (χ3v) is 4.71. The van der Waals surface area contributed by atoms with Crippen molar-refractivity contribution in [1.29, 1.82) is 0 Å². The van der Waals surface area contributed by atoms with Crippen molar-refractivity contribution >= 4 is 17.4 Å². The number of carbonyl (C=O) groups is 1. The molecule has 0 atom stereocenters. The monoisotopic (exact) mass is 391 g/mol. The summed E-state index contributed by atoms with van der Waals surface area (Å²) >= 11 is 0. The fraction of sp³-hybridized carbons (Fsp3) is 0.273. The largest absolute Gasteiger partial charge is 0.384 e. The molecule has 0 fully saturated rings. The molecule has 2 aromatic heterocycles. The molecule has 0 aliphatic carbocycles. The van der Waals surface area contributed by atoms with Crippen LogP contribution in [0, 0.1) is 13.8 Å². The van der Waals surface area contributed by atoms with Crippen molar-refractivity contribution in [3.05, 3.63) is 80.5 Å². The first-order valence-electron chi connectivity index (χ1n) is 9.41. The second-order valence-electron chi connectivity index (χ2n) is 7.58. The van der Waals surface area contributed by atoms with E-state index in [1.54, 1.807) is 18.3 Å². The van der Waals surface area contributed by atoms with Crippen molar-refractivity contribution in [2.24, 2.45) is 0 Å². The maximum atomic E-state index is 13.6. The first-order chi connectivity index (χ1) is 13.7. The van der Waals surface area contributed by atoms with Gasteiger partial charge in [-0.15, -0.1) is 0 Å². The lowest BCUT2D eigenvalue weighted by molar-refractivity contribution is 0.102. The molecular weight excluding hydrogens is 366 g/mol. The molecule has 7 nitrogen and oxygen atoms in total. The van der Waals surface area contributed by atoms with Gasteiger partial charge in [0, 0.05) is 17.3 Å². The summed E-state index contributed by atoms with van der Waals surface area (Å²) in [6.45, 7) is 7.85. The number of hydrogen-bond acceptors (Lipinski definition) is 6. The summed E-state index contributed by atoms with van der Waals surface area (Å²) in [6, 6.07) is 9.04. The van der Waals surface area contributed by atoms with Crippen LogP contribution in [0.15, 0.2) is 41.3 Å². The molecule has 0 saturated carbocycles. The summed E-state index contributed by atoms with van der Waals surface area (Å²) in [5.74, 6) is 0.0730. The van der Waals surface area contributed by atoms with Gasteiger partial charge < -0.3 is 11.5 Å². The van der Waals surface area contributed by atoms with Crippen LogP contribution in [0.5, 0.6) is 0 Å². The molecule has 4 N–H and O–H groups in total. The van der Waals surface area contributed by atoms with Crippen LogP contribution < -0.4 is 17.2 Å². The van der Waals surface area contributed by atoms with Gasteiger partial charge >= 0.3 is 5.69 Å². The lowest BCUT2D eigenvalue weighted by Gasteiger charge is -2.20. The van der Waals surface area contributed by atoms with Crippen LogP contribution in [0.2, 0.25) is 0 Å². The predicted octanol–water partition coefficient (Wildman–Crippen LogP) is 2.82. The highest BCUT2D eigenvalue weighted by Gasteiger charge is 2.25. The average Bonchev–Trinajstić information content (AvgIpc) is 2.62. The summed E-state index contributed by atoms with van der Waals surface area (Å²) in [6.07, 6.45) is 1.56. The van der Waals surface area contributed by atoms with Gasteiger partial charge in [0.1, 0.15) is 17.3 Å². The zero-order valence-corrected chi connectivity index (χ0v) is 17.1. The molecule has 2 heterocycles. The van der Waals surface area contributed by atoms with Gasteiger partial charge in [-0.05, 0) is 49.6 Å². The molecule has 7 heteroatoms. The molecule has 3 rings (SSSR count). The van der Waals surface area contributed by atoms with Crippen molar-refractivity contribution in [3.63, 3.8) is 0 Å². The number of ketones is 1. The minimum atomic E-state index is -0.574. The van der Waals surface area contributed by atoms with Gasteiger partial charge in [0.2, 0.25) is 5.78 Å². The van der Waals surface area contributed by atoms with Gasteiger partial charge in [0.15, 0.2) is 0 Å². The van der Waals surface area contributed by atoms with E-state index in [1.165, 1.54) is 4.57 Å². The quantitative estimate of drug-likeness (QED) is 0.646. The average molecular weight is 391 g/mol. The highest BCUT2D eigenvalue weighted by atomic mass is 16.2. The molecule has 0 aliphatic rings. The minimum Gasteiger partial charge on any atom is -0.384 e. The number of nitrogens with two attached hydrogens (primary N) is 2. The predicted molar refractivity (Wildman–Crippen MR) is 114 cm³/mol. The van der Waals surface area contributed by atoms with Crippen LogP contribution in [-0.2, 0) is 6.54 Å². The Morgan fingerprint density at radius 3 is 2.34 bits per heavy atom. The Labute approximate surface area is 169 Å². The Kier molecular flexibility index (Phi) is 5.50. The first-order valence-corrected chi connectivity index (χ1v) is 9.41. The molecule has 150 valence electrons. The number of benzene rings is 1. The van der Waals surface area contributed by atoms with Crippen molar-refractivity contribution in [3.8, 4) is 0 Å². The summed E-state index contributed by atoms with van der Waals surface area (Å²) in [5.41, 5.74) is 15.3. The van der Waals surface area contributed by atoms with Gasteiger partial charge in [0.05, 0.1) is 6.54 Å². The maximum Gasteiger partial charge on any atom is 0.350 e. The Morgan fingerprint density at radius 2 is 1.76 bits per heavy atom. The highest BCUT2D eigenvalue weighted by molar-refractivity contribution is 6.09. The second kappa shape index (κ2) is 7.87. The zero-order valence-electron chi connectivity index (χ0n) is 17.1. The summed E-state index contributed by atoms with van der Waals surface area (Å²) in [7, 11) is 0. The molecule has 0 aliphatic heterocycles. The standard InChI is InChI=1S/C22H25N5O2/c1-12(2)18-19(20(28)16-8-13(3)7-14(4)9-16)27(22(29)26-21(18)24)11-15-5-6-25-17(23)10-15/h5-10,12H,11H2,1-4H3,(H2,23,25)(H2,24,26,29). The van der Waals surface area contributed by atoms with Crippen LogP contribution in [0.25, 0.3) is 0 Å². The molecule has 0 spiro atoms. The number of carbonyl (C=O) groups excluding carboxylic acids is 1. The maximum absolute atomic E-state index is 13.6. The molecule has 0 amide bonds. The van der Waals surface area contributed by atoms with E-state index in [9.17, 15) is 9.59 Å². The topological polar surface area (TPSA) is 117 Å². The summed E-state index contributed by atoms with van der Waals surface area (Å²) in [4.78, 5) is 34.3. The van der Waals surface area contributed by atoms with E-state index in [1.807, 2.05) is 45.9 Å². The first kappa shape index (κ1) is 20.3. The third kappa shape index (κ3) is 4.18. The van der Waals surface area contributed by atoms with Crippen LogP contribution in [-0.4, -0.2) is 20.3 Å². The third-order valence-electron chi connectivity index (χ3n) is 4.71. The summed E-state index contributed by atoms with van der Waals surface area (Å²) in [5, 5.41) is 0. The van der Waals surface area contributed by atoms with Crippen molar-refractivity contribution in [1.82, 2.24) is 14.5 Å². The van der Waals surface area contributed by atoms with Crippen LogP contribution in [0.1, 0.15) is 58.1 Å². The Hall–Kier alpha value is -3.48. The number of nitrogens with zero attached hydrogens (tertiary/aromatic N) is 3. The van der Waals surface area contributed by atoms with Crippen LogP contribution >= 0.6 is 0 Å². The van der Waals surface area contributed by atoms with E-state index < -0.39 is 5.69 Å². The van der Waals surface area contributed by atoms with E-state index in [0.717, 1.165) is 16.7 Å². The molecule has 0 radical (unpaired) electrons. The SMILES string of the molecule is Cc1cc(C)cc(C(=O)c2c(C(C)C)c(N)nc(=O)n2Cc2ccnc(N)c2)c1. The number of pyridine rings is 1. The normalized spacial score (nSPS) is 11.1. The Bertz CT molecular complexity index is 1130. The van der Waals surface area contributed by atoms with Crippen molar-refractivity contribution in [2.45, 2.75) is 40.2 Å². The van der Waals surface area contributed by atoms with Crippen LogP contribution in [0.4, 0.5) is 11.6 Å². The number of anilines is 2. The van der Waals surface area contributed by atoms with E-state index in [4.69, 9.17) is 11.5 Å². The lowest BCUT2D eigenvalue weighted by atomic mass is 9.94. The number of aryl methyl sites for hydroxylation is 2. The van der Waals surface area contributed by atoms with E-state index >= 15 is 0 Å². The van der Waals surface area contributed by atoms with E-state index in [-0.39, 0.29) is 29.8 Å². The van der Waals surface area contributed by atoms with Gasteiger partial charge in [0.25, 0.3) is 0 Å². The summed E-state index contributed by atoms with van der Waals surface area (Å²) < 4.78 is 1.38. The Morgan fingerprint density at radius 1 is 1.10 bits per heavy atom. The molecule has 3 aromatic rings. The van der Waals surface area contributed by atoms with Crippen molar-refractivity contribution < 1.29 is 4.79 Å². The Balaban J connectivity index is 2.27. The highest BCUT2D eigenvalue weighted by Crippen LogP contribution is 2.26.